The normalized spacial score (nSPS) is 9.88. The van der Waals surface area contributed by atoms with E-state index in [1.54, 1.807) is 36.2 Å². The van der Waals surface area contributed by atoms with Crippen LogP contribution in [-0.4, -0.2) is 36.4 Å². The zero-order valence-corrected chi connectivity index (χ0v) is 10.1. The molecule has 1 aromatic rings. The molecule has 3 nitrogen and oxygen atoms in total. The molecule has 0 aliphatic rings. The van der Waals surface area contributed by atoms with E-state index in [9.17, 15) is 9.59 Å². The van der Waals surface area contributed by atoms with Crippen molar-refractivity contribution < 1.29 is 9.59 Å². The number of thiol groups is 1. The van der Waals surface area contributed by atoms with Crippen molar-refractivity contribution >= 4 is 24.8 Å². The molecule has 4 heteroatoms. The fourth-order valence-corrected chi connectivity index (χ4v) is 1.55. The van der Waals surface area contributed by atoms with Gasteiger partial charge in [-0.25, -0.2) is 0 Å². The lowest BCUT2D eigenvalue weighted by atomic mass is 10.1. The third-order valence-electron chi connectivity index (χ3n) is 2.32. The molecule has 0 spiro atoms. The van der Waals surface area contributed by atoms with Gasteiger partial charge in [0.1, 0.15) is 0 Å². The van der Waals surface area contributed by atoms with E-state index in [1.807, 2.05) is 0 Å². The first-order chi connectivity index (χ1) is 7.70. The van der Waals surface area contributed by atoms with Crippen molar-refractivity contribution in [1.29, 1.82) is 0 Å². The molecule has 1 aromatic carbocycles. The summed E-state index contributed by atoms with van der Waals surface area (Å²) in [6.45, 7) is 0.648. The second-order valence-corrected chi connectivity index (χ2v) is 3.96. The van der Waals surface area contributed by atoms with Crippen molar-refractivity contribution in [3.8, 4) is 0 Å². The van der Waals surface area contributed by atoms with Crippen LogP contribution in [-0.2, 0) is 0 Å². The average molecular weight is 237 g/mol. The molecule has 0 aromatic heterocycles. The van der Waals surface area contributed by atoms with E-state index in [0.29, 0.717) is 24.0 Å². The van der Waals surface area contributed by atoms with Gasteiger partial charge in [-0.15, -0.1) is 0 Å². The highest BCUT2D eigenvalue weighted by Crippen LogP contribution is 2.09. The third-order valence-corrected chi connectivity index (χ3v) is 2.63. The summed E-state index contributed by atoms with van der Waals surface area (Å²) in [5.74, 6) is 0.622. The molecule has 0 saturated carbocycles. The minimum atomic E-state index is -0.121. The van der Waals surface area contributed by atoms with Crippen LogP contribution in [0.2, 0.25) is 0 Å². The monoisotopic (exact) mass is 237 g/mol. The Labute approximate surface area is 101 Å². The van der Waals surface area contributed by atoms with Gasteiger partial charge in [0.2, 0.25) is 0 Å². The standard InChI is InChI=1S/C12H15NO2S/c1-13(7-4-8-16)12(15)11-6-3-2-5-10(11)9-14/h2-3,5-6,9,16H,4,7-8H2,1H3. The number of benzene rings is 1. The van der Waals surface area contributed by atoms with Crippen molar-refractivity contribution in [3.05, 3.63) is 35.4 Å². The zero-order valence-electron chi connectivity index (χ0n) is 9.22. The highest BCUT2D eigenvalue weighted by molar-refractivity contribution is 7.80. The van der Waals surface area contributed by atoms with Crippen molar-refractivity contribution in [2.45, 2.75) is 6.42 Å². The first kappa shape index (κ1) is 12.8. The quantitative estimate of drug-likeness (QED) is 0.627. The van der Waals surface area contributed by atoms with Crippen molar-refractivity contribution in [3.63, 3.8) is 0 Å². The van der Waals surface area contributed by atoms with Crippen LogP contribution >= 0.6 is 12.6 Å². The van der Waals surface area contributed by atoms with Gasteiger partial charge in [0.05, 0.1) is 5.56 Å². The molecule has 86 valence electrons. The van der Waals surface area contributed by atoms with E-state index < -0.39 is 0 Å². The number of nitrogens with zero attached hydrogens (tertiary/aromatic N) is 1. The Kier molecular flexibility index (Phi) is 5.05. The summed E-state index contributed by atoms with van der Waals surface area (Å²) in [5, 5.41) is 0. The number of carbonyl (C=O) groups excluding carboxylic acids is 2. The lowest BCUT2D eigenvalue weighted by molar-refractivity contribution is 0.0792. The van der Waals surface area contributed by atoms with Crippen LogP contribution in [0.25, 0.3) is 0 Å². The Morgan fingerprint density at radius 2 is 2.12 bits per heavy atom. The van der Waals surface area contributed by atoms with Crippen LogP contribution < -0.4 is 0 Å². The maximum absolute atomic E-state index is 12.0. The Morgan fingerprint density at radius 3 is 2.75 bits per heavy atom. The largest absolute Gasteiger partial charge is 0.342 e. The van der Waals surface area contributed by atoms with Crippen LogP contribution in [0.4, 0.5) is 0 Å². The second kappa shape index (κ2) is 6.33. The van der Waals surface area contributed by atoms with Crippen molar-refractivity contribution in [2.75, 3.05) is 19.3 Å². The summed E-state index contributed by atoms with van der Waals surface area (Å²) >= 11 is 4.10. The lowest BCUT2D eigenvalue weighted by Gasteiger charge is -2.17. The Morgan fingerprint density at radius 1 is 1.44 bits per heavy atom. The lowest BCUT2D eigenvalue weighted by Crippen LogP contribution is -2.28. The van der Waals surface area contributed by atoms with Gasteiger partial charge in [-0.3, -0.25) is 9.59 Å². The molecule has 0 fully saturated rings. The van der Waals surface area contributed by atoms with Gasteiger partial charge in [-0.2, -0.15) is 12.6 Å². The molecule has 1 rings (SSSR count). The number of hydrogen-bond acceptors (Lipinski definition) is 3. The summed E-state index contributed by atoms with van der Waals surface area (Å²) in [4.78, 5) is 24.4. The van der Waals surface area contributed by atoms with Crippen LogP contribution in [0.5, 0.6) is 0 Å². The van der Waals surface area contributed by atoms with Crippen LogP contribution in [0.1, 0.15) is 27.1 Å². The van der Waals surface area contributed by atoms with Gasteiger partial charge >= 0.3 is 0 Å². The predicted molar refractivity (Wildman–Crippen MR) is 67.3 cm³/mol. The topological polar surface area (TPSA) is 37.4 Å². The summed E-state index contributed by atoms with van der Waals surface area (Å²) in [5.41, 5.74) is 0.893. The highest BCUT2D eigenvalue weighted by Gasteiger charge is 2.14. The molecule has 0 aliphatic heterocycles. The third kappa shape index (κ3) is 3.10. The van der Waals surface area contributed by atoms with E-state index in [-0.39, 0.29) is 5.91 Å². The molecule has 0 atom stereocenters. The average Bonchev–Trinajstić information content (AvgIpc) is 2.34. The fraction of sp³-hybridized carbons (Fsp3) is 0.333. The van der Waals surface area contributed by atoms with Gasteiger partial charge in [-0.1, -0.05) is 18.2 Å². The number of hydrogen-bond donors (Lipinski definition) is 1. The molecule has 0 radical (unpaired) electrons. The van der Waals surface area contributed by atoms with E-state index in [0.717, 1.165) is 12.2 Å². The maximum atomic E-state index is 12.0. The number of carbonyl (C=O) groups is 2. The molecule has 0 N–H and O–H groups in total. The van der Waals surface area contributed by atoms with E-state index >= 15 is 0 Å². The predicted octanol–water partition coefficient (Wildman–Crippen LogP) is 1.89. The summed E-state index contributed by atoms with van der Waals surface area (Å²) in [6, 6.07) is 6.82. The van der Waals surface area contributed by atoms with Gasteiger partial charge in [-0.05, 0) is 18.2 Å². The smallest absolute Gasteiger partial charge is 0.254 e. The number of aldehydes is 1. The molecule has 0 bridgehead atoms. The van der Waals surface area contributed by atoms with Crippen LogP contribution in [0, 0.1) is 0 Å². The van der Waals surface area contributed by atoms with Gasteiger partial charge in [0.25, 0.3) is 5.91 Å². The molecular formula is C12H15NO2S. The van der Waals surface area contributed by atoms with Crippen LogP contribution in [0.3, 0.4) is 0 Å². The number of rotatable bonds is 5. The fourth-order valence-electron chi connectivity index (χ4n) is 1.41. The first-order valence-electron chi connectivity index (χ1n) is 5.11. The molecule has 0 unspecified atom stereocenters. The molecule has 0 saturated heterocycles. The Balaban J connectivity index is 2.83. The van der Waals surface area contributed by atoms with E-state index in [1.165, 1.54) is 0 Å². The van der Waals surface area contributed by atoms with Gasteiger partial charge in [0.15, 0.2) is 6.29 Å². The molecule has 16 heavy (non-hydrogen) atoms. The molecule has 1 amide bonds. The number of amides is 1. The summed E-state index contributed by atoms with van der Waals surface area (Å²) < 4.78 is 0. The van der Waals surface area contributed by atoms with E-state index in [4.69, 9.17) is 0 Å². The first-order valence-corrected chi connectivity index (χ1v) is 5.74. The minimum absolute atomic E-state index is 0.121. The van der Waals surface area contributed by atoms with Gasteiger partial charge < -0.3 is 4.90 Å². The van der Waals surface area contributed by atoms with Crippen molar-refractivity contribution in [1.82, 2.24) is 4.90 Å². The summed E-state index contributed by atoms with van der Waals surface area (Å²) in [6.07, 6.45) is 1.55. The van der Waals surface area contributed by atoms with Crippen LogP contribution in [0.15, 0.2) is 24.3 Å². The SMILES string of the molecule is CN(CCCS)C(=O)c1ccccc1C=O. The Bertz CT molecular complexity index is 379. The summed E-state index contributed by atoms with van der Waals surface area (Å²) in [7, 11) is 1.73. The zero-order chi connectivity index (χ0) is 12.0. The maximum Gasteiger partial charge on any atom is 0.254 e. The molecular weight excluding hydrogens is 222 g/mol. The minimum Gasteiger partial charge on any atom is -0.342 e. The Hall–Kier alpha value is -1.29. The van der Waals surface area contributed by atoms with E-state index in [2.05, 4.69) is 12.6 Å². The molecule has 0 heterocycles. The highest BCUT2D eigenvalue weighted by atomic mass is 32.1. The second-order valence-electron chi connectivity index (χ2n) is 3.51. The van der Waals surface area contributed by atoms with Crippen molar-refractivity contribution in [2.24, 2.45) is 0 Å². The van der Waals surface area contributed by atoms with Gasteiger partial charge in [0, 0.05) is 19.2 Å². The molecule has 0 aliphatic carbocycles.